The number of hydrogen-bond acceptors (Lipinski definition) is 4. The molecule has 0 atom stereocenters. The van der Waals surface area contributed by atoms with E-state index in [4.69, 9.17) is 4.74 Å². The molecule has 0 bridgehead atoms. The number of nitrogens with one attached hydrogen (secondary N) is 2. The Kier molecular flexibility index (Phi) is 5.38. The predicted octanol–water partition coefficient (Wildman–Crippen LogP) is 4.68. The number of aromatic nitrogens is 1. The summed E-state index contributed by atoms with van der Waals surface area (Å²) in [6.07, 6.45) is 1.62. The summed E-state index contributed by atoms with van der Waals surface area (Å²) in [5.41, 5.74) is 0.211. The van der Waals surface area contributed by atoms with Crippen molar-refractivity contribution in [1.29, 1.82) is 0 Å². The van der Waals surface area contributed by atoms with E-state index in [-0.39, 0.29) is 16.7 Å². The first kappa shape index (κ1) is 21.4. The van der Waals surface area contributed by atoms with Gasteiger partial charge in [0.15, 0.2) is 5.76 Å². The molecule has 0 saturated carbocycles. The molecule has 2 amide bonds. The summed E-state index contributed by atoms with van der Waals surface area (Å²) in [6, 6.07) is 10.2. The van der Waals surface area contributed by atoms with Crippen LogP contribution in [-0.2, 0) is 14.9 Å². The molecule has 6 nitrogen and oxygen atoms in total. The first-order valence-electron chi connectivity index (χ1n) is 10.2. The van der Waals surface area contributed by atoms with Crippen LogP contribution in [0.3, 0.4) is 0 Å². The number of carbonyl (C=O) groups is 2. The zero-order chi connectivity index (χ0) is 23.0. The number of cyclic esters (lactones) is 1. The lowest BCUT2D eigenvalue weighted by molar-refractivity contribution is -0.116. The summed E-state index contributed by atoms with van der Waals surface area (Å²) in [7, 11) is 0. The van der Waals surface area contributed by atoms with Gasteiger partial charge in [-0.2, -0.15) is 0 Å². The van der Waals surface area contributed by atoms with Gasteiger partial charge >= 0.3 is 6.09 Å². The molecule has 4 rings (SSSR count). The molecule has 1 aliphatic heterocycles. The van der Waals surface area contributed by atoms with E-state index < -0.39 is 29.0 Å². The molecule has 2 N–H and O–H groups in total. The Morgan fingerprint density at radius 1 is 1.00 bits per heavy atom. The molecule has 1 fully saturated rings. The van der Waals surface area contributed by atoms with Crippen LogP contribution in [0.2, 0.25) is 0 Å². The van der Waals surface area contributed by atoms with E-state index in [1.54, 1.807) is 30.3 Å². The average Bonchev–Trinajstić information content (AvgIpc) is 3.08. The summed E-state index contributed by atoms with van der Waals surface area (Å²) in [6.45, 7) is 3.74. The summed E-state index contributed by atoms with van der Waals surface area (Å²) >= 11 is 0. The van der Waals surface area contributed by atoms with E-state index in [2.05, 4.69) is 4.98 Å². The van der Waals surface area contributed by atoms with Crippen LogP contribution >= 0.6 is 0 Å². The van der Waals surface area contributed by atoms with E-state index in [1.165, 1.54) is 12.1 Å². The van der Waals surface area contributed by atoms with Gasteiger partial charge in [-0.25, -0.2) is 13.6 Å². The van der Waals surface area contributed by atoms with Crippen LogP contribution in [0, 0.1) is 11.6 Å². The van der Waals surface area contributed by atoms with Crippen LogP contribution in [0.4, 0.5) is 13.6 Å². The molecule has 1 aromatic heterocycles. The number of ether oxygens (including phenoxy) is 1. The van der Waals surface area contributed by atoms with Crippen molar-refractivity contribution in [3.63, 3.8) is 0 Å². The van der Waals surface area contributed by atoms with Crippen molar-refractivity contribution >= 4 is 22.8 Å². The van der Waals surface area contributed by atoms with Crippen LogP contribution in [0.25, 0.3) is 22.0 Å². The maximum absolute atomic E-state index is 14.2. The van der Waals surface area contributed by atoms with Crippen LogP contribution in [-0.4, -0.2) is 17.0 Å². The van der Waals surface area contributed by atoms with Gasteiger partial charge in [-0.1, -0.05) is 32.0 Å². The monoisotopic (exact) mass is 438 g/mol. The third-order valence-electron chi connectivity index (χ3n) is 5.94. The van der Waals surface area contributed by atoms with Crippen molar-refractivity contribution < 1.29 is 23.1 Å². The molecule has 1 aliphatic rings. The third-order valence-corrected chi connectivity index (χ3v) is 5.94. The van der Waals surface area contributed by atoms with Crippen molar-refractivity contribution in [3.8, 4) is 11.3 Å². The Balaban J connectivity index is 1.78. The lowest BCUT2D eigenvalue weighted by Gasteiger charge is -2.28. The number of imide groups is 1. The maximum Gasteiger partial charge on any atom is 0.419 e. The Bertz CT molecular complexity index is 1340. The molecule has 0 unspecified atom stereocenters. The number of hydrogen-bond donors (Lipinski definition) is 2. The minimum absolute atomic E-state index is 0.139. The lowest BCUT2D eigenvalue weighted by Crippen LogP contribution is -2.31. The van der Waals surface area contributed by atoms with Gasteiger partial charge < -0.3 is 9.72 Å². The van der Waals surface area contributed by atoms with E-state index in [1.807, 2.05) is 19.2 Å². The zero-order valence-electron chi connectivity index (χ0n) is 17.4. The fraction of sp³-hybridized carbons (Fsp3) is 0.208. The number of aromatic amines is 1. The number of halogens is 2. The van der Waals surface area contributed by atoms with E-state index >= 15 is 0 Å². The van der Waals surface area contributed by atoms with Gasteiger partial charge in [0.2, 0.25) is 0 Å². The minimum atomic E-state index is -0.852. The van der Waals surface area contributed by atoms with Gasteiger partial charge in [-0.05, 0) is 48.1 Å². The molecule has 8 heteroatoms. The molecular weight excluding hydrogens is 418 g/mol. The quantitative estimate of drug-likeness (QED) is 0.566. The topological polar surface area (TPSA) is 88.3 Å². The fourth-order valence-electron chi connectivity index (χ4n) is 4.06. The highest BCUT2D eigenvalue weighted by molar-refractivity contribution is 6.07. The number of carbonyl (C=O) groups excluding carboxylic acids is 2. The van der Waals surface area contributed by atoms with Crippen LogP contribution in [0.1, 0.15) is 32.3 Å². The lowest BCUT2D eigenvalue weighted by atomic mass is 9.75. The van der Waals surface area contributed by atoms with Crippen LogP contribution in [0.5, 0.6) is 0 Å². The standard InChI is InChI=1S/C24H20F2N2O4/c1-3-24(4-2,12-20-22(30)28-23(31)32-20)17-7-8-19(27-21(17)29)14-6-5-13-9-15(25)11-18(26)16(13)10-14/h5-12H,3-4H2,1-2H3,(H,27,29)(H,28,30,31)/b20-12+. The Hall–Kier alpha value is -3.81. The van der Waals surface area contributed by atoms with Gasteiger partial charge in [0.1, 0.15) is 11.6 Å². The minimum Gasteiger partial charge on any atom is -0.404 e. The molecule has 0 aliphatic carbocycles. The highest BCUT2D eigenvalue weighted by Crippen LogP contribution is 2.34. The van der Waals surface area contributed by atoms with Gasteiger partial charge in [0.25, 0.3) is 11.5 Å². The third kappa shape index (κ3) is 3.68. The molecule has 3 aromatic rings. The second-order valence-electron chi connectivity index (χ2n) is 7.65. The number of fused-ring (bicyclic) bond motifs is 1. The first-order chi connectivity index (χ1) is 15.3. The number of benzene rings is 2. The Morgan fingerprint density at radius 2 is 1.75 bits per heavy atom. The van der Waals surface area contributed by atoms with E-state index in [9.17, 15) is 23.2 Å². The number of amides is 2. The number of alkyl carbamates (subject to hydrolysis) is 1. The van der Waals surface area contributed by atoms with Crippen LogP contribution in [0.15, 0.2) is 59.1 Å². The molecule has 2 aromatic carbocycles. The van der Waals surface area contributed by atoms with Crippen molar-refractivity contribution in [2.75, 3.05) is 0 Å². The van der Waals surface area contributed by atoms with Crippen molar-refractivity contribution in [3.05, 3.63) is 81.9 Å². The summed E-state index contributed by atoms with van der Waals surface area (Å²) in [5, 5.41) is 2.70. The first-order valence-corrected chi connectivity index (χ1v) is 10.2. The second-order valence-corrected chi connectivity index (χ2v) is 7.65. The zero-order valence-corrected chi connectivity index (χ0v) is 17.4. The van der Waals surface area contributed by atoms with Gasteiger partial charge in [0.05, 0.1) is 0 Å². The molecule has 1 saturated heterocycles. The van der Waals surface area contributed by atoms with E-state index in [0.29, 0.717) is 35.0 Å². The molecule has 32 heavy (non-hydrogen) atoms. The maximum atomic E-state index is 14.2. The average molecular weight is 438 g/mol. The van der Waals surface area contributed by atoms with Gasteiger partial charge in [0, 0.05) is 28.1 Å². The van der Waals surface area contributed by atoms with Gasteiger partial charge in [-0.15, -0.1) is 0 Å². The molecule has 0 spiro atoms. The smallest absolute Gasteiger partial charge is 0.404 e. The summed E-state index contributed by atoms with van der Waals surface area (Å²) in [5.74, 6) is -2.14. The summed E-state index contributed by atoms with van der Waals surface area (Å²) in [4.78, 5) is 39.2. The largest absolute Gasteiger partial charge is 0.419 e. The highest BCUT2D eigenvalue weighted by Gasteiger charge is 2.35. The molecule has 164 valence electrons. The predicted molar refractivity (Wildman–Crippen MR) is 115 cm³/mol. The number of allylic oxidation sites excluding steroid dienone is 1. The Morgan fingerprint density at radius 3 is 2.38 bits per heavy atom. The molecule has 2 heterocycles. The van der Waals surface area contributed by atoms with Crippen LogP contribution < -0.4 is 10.9 Å². The SMILES string of the molecule is CCC(/C=C1/OC(=O)NC1=O)(CC)c1ccc(-c2ccc3cc(F)cc(F)c3c2)[nH]c1=O. The summed E-state index contributed by atoms with van der Waals surface area (Å²) < 4.78 is 32.6. The second kappa shape index (κ2) is 8.03. The highest BCUT2D eigenvalue weighted by atomic mass is 19.1. The van der Waals surface area contributed by atoms with Crippen molar-refractivity contribution in [2.45, 2.75) is 32.1 Å². The fourth-order valence-corrected chi connectivity index (χ4v) is 4.06. The van der Waals surface area contributed by atoms with Gasteiger partial charge in [-0.3, -0.25) is 14.9 Å². The van der Waals surface area contributed by atoms with Crippen molar-refractivity contribution in [1.82, 2.24) is 10.3 Å². The van der Waals surface area contributed by atoms with Crippen molar-refractivity contribution in [2.24, 2.45) is 0 Å². The van der Waals surface area contributed by atoms with E-state index in [0.717, 1.165) is 6.07 Å². The Labute approximate surface area is 181 Å². The molecular formula is C24H20F2N2O4. The number of rotatable bonds is 5. The normalized spacial score (nSPS) is 15.3. The number of pyridine rings is 1. The number of H-pyrrole nitrogens is 1. The molecule has 0 radical (unpaired) electrons.